The molecule has 1 aromatic heterocycles. The van der Waals surface area contributed by atoms with E-state index in [0.29, 0.717) is 27.4 Å². The van der Waals surface area contributed by atoms with Crippen molar-refractivity contribution in [3.05, 3.63) is 86.1 Å². The zero-order valence-corrected chi connectivity index (χ0v) is 18.6. The molecule has 1 N–H and O–H groups in total. The topological polar surface area (TPSA) is 55.1 Å². The number of aromatic nitrogens is 2. The van der Waals surface area contributed by atoms with Gasteiger partial charge in [0.05, 0.1) is 5.69 Å². The number of rotatable bonds is 6. The van der Waals surface area contributed by atoms with Gasteiger partial charge < -0.3 is 9.67 Å². The number of nitrogens with zero attached hydrogens (tertiary/aromatic N) is 2. The number of hydrogen-bond donors (Lipinski definition) is 1. The standard InChI is InChI=1S/C22H21BrClFN2O2/c1-12(2)27-20(19(21(28)29)26-22(27)23)17(15-5-7-16(24)8-6-15)11-14-4-9-18(25)13(3)10-14/h4-10,12,17H,11H2,1-3H3,(H,28,29). The van der Waals surface area contributed by atoms with Crippen LogP contribution in [0.15, 0.2) is 47.2 Å². The number of halogens is 3. The van der Waals surface area contributed by atoms with Crippen molar-refractivity contribution in [3.63, 3.8) is 0 Å². The molecule has 1 unspecified atom stereocenters. The van der Waals surface area contributed by atoms with Crippen LogP contribution in [0.3, 0.4) is 0 Å². The molecule has 1 atom stereocenters. The summed E-state index contributed by atoms with van der Waals surface area (Å²) in [7, 11) is 0. The molecule has 3 rings (SSSR count). The molecule has 0 aliphatic carbocycles. The van der Waals surface area contributed by atoms with Gasteiger partial charge in [-0.1, -0.05) is 35.9 Å². The summed E-state index contributed by atoms with van der Waals surface area (Å²) >= 11 is 9.48. The Kier molecular flexibility index (Phi) is 6.44. The molecule has 4 nitrogen and oxygen atoms in total. The van der Waals surface area contributed by atoms with Gasteiger partial charge in [0.1, 0.15) is 5.82 Å². The Balaban J connectivity index is 2.21. The molecule has 2 aromatic carbocycles. The van der Waals surface area contributed by atoms with E-state index in [4.69, 9.17) is 11.6 Å². The summed E-state index contributed by atoms with van der Waals surface area (Å²) in [5.74, 6) is -1.66. The molecule has 0 amide bonds. The summed E-state index contributed by atoms with van der Waals surface area (Å²) < 4.78 is 16.1. The molecule has 0 bridgehead atoms. The van der Waals surface area contributed by atoms with E-state index in [2.05, 4.69) is 20.9 Å². The number of hydrogen-bond acceptors (Lipinski definition) is 2. The first-order valence-corrected chi connectivity index (χ1v) is 10.4. The lowest BCUT2D eigenvalue weighted by Crippen LogP contribution is -2.17. The minimum Gasteiger partial charge on any atom is -0.476 e. The van der Waals surface area contributed by atoms with Crippen LogP contribution in [0.1, 0.15) is 58.7 Å². The van der Waals surface area contributed by atoms with Crippen molar-refractivity contribution in [1.82, 2.24) is 9.55 Å². The Morgan fingerprint density at radius 3 is 2.45 bits per heavy atom. The molecular weight excluding hydrogens is 459 g/mol. The van der Waals surface area contributed by atoms with Gasteiger partial charge in [-0.25, -0.2) is 14.2 Å². The van der Waals surface area contributed by atoms with Crippen LogP contribution in [0.2, 0.25) is 5.02 Å². The second kappa shape index (κ2) is 8.67. The monoisotopic (exact) mass is 478 g/mol. The third-order valence-corrected chi connectivity index (χ3v) is 5.70. The van der Waals surface area contributed by atoms with E-state index >= 15 is 0 Å². The summed E-state index contributed by atoms with van der Waals surface area (Å²) in [4.78, 5) is 16.2. The molecule has 152 valence electrons. The van der Waals surface area contributed by atoms with Crippen LogP contribution in [-0.4, -0.2) is 20.6 Å². The summed E-state index contributed by atoms with van der Waals surface area (Å²) in [6.07, 6.45) is 0.494. The van der Waals surface area contributed by atoms with Crippen LogP contribution in [0.25, 0.3) is 0 Å². The van der Waals surface area contributed by atoms with E-state index < -0.39 is 5.97 Å². The molecule has 0 fully saturated rings. The Morgan fingerprint density at radius 2 is 1.90 bits per heavy atom. The van der Waals surface area contributed by atoms with Crippen molar-refractivity contribution in [1.29, 1.82) is 0 Å². The van der Waals surface area contributed by atoms with Gasteiger partial charge in [-0.3, -0.25) is 0 Å². The molecule has 0 aliphatic rings. The first-order valence-electron chi connectivity index (χ1n) is 9.20. The average molecular weight is 480 g/mol. The van der Waals surface area contributed by atoms with E-state index in [-0.39, 0.29) is 23.5 Å². The number of carboxylic acids is 1. The van der Waals surface area contributed by atoms with Crippen molar-refractivity contribution < 1.29 is 14.3 Å². The summed E-state index contributed by atoms with van der Waals surface area (Å²) in [5.41, 5.74) is 2.98. The van der Waals surface area contributed by atoms with Crippen molar-refractivity contribution in [2.24, 2.45) is 0 Å². The van der Waals surface area contributed by atoms with Crippen LogP contribution in [0, 0.1) is 12.7 Å². The molecule has 7 heteroatoms. The van der Waals surface area contributed by atoms with Crippen molar-refractivity contribution >= 4 is 33.5 Å². The van der Waals surface area contributed by atoms with Crippen LogP contribution in [0.4, 0.5) is 4.39 Å². The molecule has 0 radical (unpaired) electrons. The van der Waals surface area contributed by atoms with Gasteiger partial charge in [-0.2, -0.15) is 0 Å². The fraction of sp³-hybridized carbons (Fsp3) is 0.273. The number of aryl methyl sites for hydroxylation is 1. The van der Waals surface area contributed by atoms with Gasteiger partial charge in [-0.15, -0.1) is 0 Å². The number of aromatic carboxylic acids is 1. The largest absolute Gasteiger partial charge is 0.476 e. The molecule has 0 saturated carbocycles. The molecule has 0 spiro atoms. The van der Waals surface area contributed by atoms with Gasteiger partial charge in [0, 0.05) is 17.0 Å². The van der Waals surface area contributed by atoms with Crippen LogP contribution in [-0.2, 0) is 6.42 Å². The lowest BCUT2D eigenvalue weighted by Gasteiger charge is -2.23. The fourth-order valence-corrected chi connectivity index (χ4v) is 4.44. The predicted octanol–water partition coefficient (Wildman–Crippen LogP) is 6.40. The van der Waals surface area contributed by atoms with Crippen LogP contribution < -0.4 is 0 Å². The smallest absolute Gasteiger partial charge is 0.356 e. The third kappa shape index (κ3) is 4.54. The zero-order valence-electron chi connectivity index (χ0n) is 16.3. The van der Waals surface area contributed by atoms with Gasteiger partial charge in [0.25, 0.3) is 0 Å². The Morgan fingerprint density at radius 1 is 1.24 bits per heavy atom. The van der Waals surface area contributed by atoms with Crippen LogP contribution >= 0.6 is 27.5 Å². The van der Waals surface area contributed by atoms with Crippen molar-refractivity contribution in [2.45, 2.75) is 39.2 Å². The first kappa shape index (κ1) is 21.5. The van der Waals surface area contributed by atoms with Gasteiger partial charge in [-0.05, 0) is 78.0 Å². The Labute approximate surface area is 182 Å². The van der Waals surface area contributed by atoms with Crippen LogP contribution in [0.5, 0.6) is 0 Å². The molecule has 1 heterocycles. The average Bonchev–Trinajstić information content (AvgIpc) is 3.01. The molecular formula is C22H21BrClFN2O2. The molecule has 0 aliphatic heterocycles. The number of carbonyl (C=O) groups is 1. The van der Waals surface area contributed by atoms with Gasteiger partial charge in [0.15, 0.2) is 10.4 Å². The Bertz CT molecular complexity index is 1050. The second-order valence-electron chi connectivity index (χ2n) is 7.28. The molecule has 0 saturated heterocycles. The quantitative estimate of drug-likeness (QED) is 0.445. The predicted molar refractivity (Wildman–Crippen MR) is 115 cm³/mol. The van der Waals surface area contributed by atoms with Gasteiger partial charge >= 0.3 is 5.97 Å². The zero-order chi connectivity index (χ0) is 21.3. The van der Waals surface area contributed by atoms with Gasteiger partial charge in [0.2, 0.25) is 0 Å². The normalized spacial score (nSPS) is 12.4. The SMILES string of the molecule is Cc1cc(CC(c2ccc(Cl)cc2)c2c(C(=O)O)nc(Br)n2C(C)C)ccc1F. The van der Waals surface area contributed by atoms with Crippen molar-refractivity contribution in [3.8, 4) is 0 Å². The third-order valence-electron chi connectivity index (χ3n) is 4.89. The summed E-state index contributed by atoms with van der Waals surface area (Å²) in [6.45, 7) is 5.67. The van der Waals surface area contributed by atoms with E-state index in [1.807, 2.05) is 30.5 Å². The van der Waals surface area contributed by atoms with E-state index in [1.54, 1.807) is 31.2 Å². The number of benzene rings is 2. The minimum atomic E-state index is -1.09. The maximum Gasteiger partial charge on any atom is 0.356 e. The summed E-state index contributed by atoms with van der Waals surface area (Å²) in [5, 5.41) is 10.4. The first-order chi connectivity index (χ1) is 13.7. The second-order valence-corrected chi connectivity index (χ2v) is 8.42. The van der Waals surface area contributed by atoms with Crippen molar-refractivity contribution in [2.75, 3.05) is 0 Å². The maximum absolute atomic E-state index is 13.8. The number of carboxylic acid groups (broad SMARTS) is 1. The highest BCUT2D eigenvalue weighted by molar-refractivity contribution is 9.10. The van der Waals surface area contributed by atoms with E-state index in [1.165, 1.54) is 6.07 Å². The highest BCUT2D eigenvalue weighted by Gasteiger charge is 2.30. The van der Waals surface area contributed by atoms with E-state index in [9.17, 15) is 14.3 Å². The lowest BCUT2D eigenvalue weighted by molar-refractivity contribution is 0.0689. The number of imidazole rings is 1. The minimum absolute atomic E-state index is 0.00404. The summed E-state index contributed by atoms with van der Waals surface area (Å²) in [6, 6.07) is 12.3. The molecule has 29 heavy (non-hydrogen) atoms. The van der Waals surface area contributed by atoms with E-state index in [0.717, 1.165) is 11.1 Å². The Hall–Kier alpha value is -2.18. The highest BCUT2D eigenvalue weighted by Crippen LogP contribution is 2.36. The lowest BCUT2D eigenvalue weighted by atomic mass is 9.87. The highest BCUT2D eigenvalue weighted by atomic mass is 79.9. The fourth-order valence-electron chi connectivity index (χ4n) is 3.54. The molecule has 3 aromatic rings. The maximum atomic E-state index is 13.8.